The summed E-state index contributed by atoms with van der Waals surface area (Å²) >= 11 is 3.49. The van der Waals surface area contributed by atoms with Crippen molar-refractivity contribution in [3.05, 3.63) is 34.4 Å². The Bertz CT molecular complexity index is 480. The van der Waals surface area contributed by atoms with Crippen LogP contribution in [0.3, 0.4) is 0 Å². The maximum atomic E-state index is 6.03. The van der Waals surface area contributed by atoms with E-state index in [1.165, 1.54) is 10.9 Å². The summed E-state index contributed by atoms with van der Waals surface area (Å²) in [5, 5.41) is 1.25. The molecule has 0 fully saturated rings. The summed E-state index contributed by atoms with van der Waals surface area (Å²) in [6, 6.07) is 6.25. The molecule has 0 bridgehead atoms. The fourth-order valence-corrected chi connectivity index (χ4v) is 2.15. The van der Waals surface area contributed by atoms with Gasteiger partial charge in [0.05, 0.1) is 0 Å². The van der Waals surface area contributed by atoms with E-state index >= 15 is 0 Å². The largest absolute Gasteiger partial charge is 0.361 e. The van der Waals surface area contributed by atoms with Crippen molar-refractivity contribution < 1.29 is 0 Å². The molecule has 3 N–H and O–H groups in total. The van der Waals surface area contributed by atoms with Gasteiger partial charge in [-0.2, -0.15) is 0 Å². The molecule has 0 atom stereocenters. The summed E-state index contributed by atoms with van der Waals surface area (Å²) in [4.78, 5) is 3.26. The predicted molar refractivity (Wildman–Crippen MR) is 68.0 cm³/mol. The van der Waals surface area contributed by atoms with Crippen molar-refractivity contribution in [3.8, 4) is 0 Å². The van der Waals surface area contributed by atoms with Gasteiger partial charge in [0.1, 0.15) is 0 Å². The molecular formula is C12H15BrN2. The number of aromatic amines is 1. The Hall–Kier alpha value is -0.800. The monoisotopic (exact) mass is 266 g/mol. The Balaban J connectivity index is 2.48. The molecule has 0 unspecified atom stereocenters. The number of rotatable bonds is 2. The molecule has 15 heavy (non-hydrogen) atoms. The third-order valence-corrected chi connectivity index (χ3v) is 2.87. The molecule has 1 aromatic carbocycles. The third kappa shape index (κ3) is 2.41. The molecule has 2 rings (SSSR count). The first-order valence-corrected chi connectivity index (χ1v) is 5.79. The number of nitrogens with two attached hydrogens (primary N) is 1. The topological polar surface area (TPSA) is 41.8 Å². The number of hydrogen-bond acceptors (Lipinski definition) is 1. The van der Waals surface area contributed by atoms with Gasteiger partial charge in [-0.1, -0.05) is 15.9 Å². The molecule has 80 valence electrons. The average Bonchev–Trinajstić information content (AvgIpc) is 2.46. The van der Waals surface area contributed by atoms with Crippen LogP contribution < -0.4 is 5.73 Å². The van der Waals surface area contributed by atoms with Crippen LogP contribution in [0.15, 0.2) is 28.9 Å². The predicted octanol–water partition coefficient (Wildman–Crippen LogP) is 3.21. The van der Waals surface area contributed by atoms with Gasteiger partial charge >= 0.3 is 0 Å². The number of halogens is 1. The van der Waals surface area contributed by atoms with Crippen LogP contribution in [0.4, 0.5) is 0 Å². The van der Waals surface area contributed by atoms with Crippen molar-refractivity contribution >= 4 is 26.8 Å². The molecule has 0 spiro atoms. The summed E-state index contributed by atoms with van der Waals surface area (Å²) in [6.07, 6.45) is 2.93. The zero-order valence-electron chi connectivity index (χ0n) is 8.97. The fraction of sp³-hybridized carbons (Fsp3) is 0.333. The van der Waals surface area contributed by atoms with E-state index < -0.39 is 0 Å². The van der Waals surface area contributed by atoms with Gasteiger partial charge in [0, 0.05) is 27.1 Å². The minimum Gasteiger partial charge on any atom is -0.361 e. The standard InChI is InChI=1S/C12H15BrN2/c1-12(2,14)6-8-7-15-11-4-3-9(13)5-10(8)11/h3-5,7,15H,6,14H2,1-2H3. The Morgan fingerprint density at radius 1 is 1.40 bits per heavy atom. The van der Waals surface area contributed by atoms with Gasteiger partial charge in [0.2, 0.25) is 0 Å². The summed E-state index contributed by atoms with van der Waals surface area (Å²) in [7, 11) is 0. The SMILES string of the molecule is CC(C)(N)Cc1c[nH]c2ccc(Br)cc12. The fourth-order valence-electron chi connectivity index (χ4n) is 1.79. The molecule has 1 aromatic heterocycles. The highest BCUT2D eigenvalue weighted by Crippen LogP contribution is 2.24. The number of aromatic nitrogens is 1. The minimum atomic E-state index is -0.169. The molecule has 0 aliphatic heterocycles. The molecule has 0 aliphatic carbocycles. The maximum absolute atomic E-state index is 6.03. The van der Waals surface area contributed by atoms with Gasteiger partial charge in [0.15, 0.2) is 0 Å². The van der Waals surface area contributed by atoms with Gasteiger partial charge in [-0.05, 0) is 44.0 Å². The van der Waals surface area contributed by atoms with E-state index in [2.05, 4.69) is 33.0 Å². The molecule has 0 saturated carbocycles. The van der Waals surface area contributed by atoms with Crippen LogP contribution in [0.2, 0.25) is 0 Å². The van der Waals surface area contributed by atoms with E-state index in [-0.39, 0.29) is 5.54 Å². The van der Waals surface area contributed by atoms with E-state index in [1.807, 2.05) is 26.1 Å². The zero-order valence-corrected chi connectivity index (χ0v) is 10.6. The maximum Gasteiger partial charge on any atom is 0.0457 e. The van der Waals surface area contributed by atoms with Crippen LogP contribution in [0.1, 0.15) is 19.4 Å². The summed E-state index contributed by atoms with van der Waals surface area (Å²) in [6.45, 7) is 4.09. The van der Waals surface area contributed by atoms with Crippen LogP contribution >= 0.6 is 15.9 Å². The molecule has 0 aliphatic rings. The molecule has 2 aromatic rings. The number of benzene rings is 1. The average molecular weight is 267 g/mol. The van der Waals surface area contributed by atoms with E-state index in [9.17, 15) is 0 Å². The minimum absolute atomic E-state index is 0.169. The van der Waals surface area contributed by atoms with E-state index in [1.54, 1.807) is 0 Å². The van der Waals surface area contributed by atoms with E-state index in [0.717, 1.165) is 16.4 Å². The second-order valence-corrected chi connectivity index (χ2v) is 5.58. The van der Waals surface area contributed by atoms with Crippen molar-refractivity contribution in [2.45, 2.75) is 25.8 Å². The molecule has 0 radical (unpaired) electrons. The first-order chi connectivity index (χ1) is 6.96. The molecule has 2 nitrogen and oxygen atoms in total. The lowest BCUT2D eigenvalue weighted by atomic mass is 9.96. The van der Waals surface area contributed by atoms with Gasteiger partial charge in [-0.25, -0.2) is 0 Å². The molecule has 0 amide bonds. The normalized spacial score (nSPS) is 12.3. The number of nitrogens with one attached hydrogen (secondary N) is 1. The molecule has 1 heterocycles. The highest BCUT2D eigenvalue weighted by Gasteiger charge is 2.14. The van der Waals surface area contributed by atoms with Crippen LogP contribution in [0.25, 0.3) is 10.9 Å². The smallest absolute Gasteiger partial charge is 0.0457 e. The first-order valence-electron chi connectivity index (χ1n) is 5.00. The van der Waals surface area contributed by atoms with Gasteiger partial charge in [-0.3, -0.25) is 0 Å². The number of H-pyrrole nitrogens is 1. The van der Waals surface area contributed by atoms with Crippen molar-refractivity contribution in [1.82, 2.24) is 4.98 Å². The number of fused-ring (bicyclic) bond motifs is 1. The van der Waals surface area contributed by atoms with Crippen molar-refractivity contribution in [2.24, 2.45) is 5.73 Å². The van der Waals surface area contributed by atoms with Crippen molar-refractivity contribution in [3.63, 3.8) is 0 Å². The number of hydrogen-bond donors (Lipinski definition) is 2. The van der Waals surface area contributed by atoms with Gasteiger partial charge in [0.25, 0.3) is 0 Å². The van der Waals surface area contributed by atoms with Crippen molar-refractivity contribution in [1.29, 1.82) is 0 Å². The van der Waals surface area contributed by atoms with E-state index in [4.69, 9.17) is 5.73 Å². The first kappa shape index (κ1) is 10.7. The molecule has 3 heteroatoms. The Labute approximate surface area is 98.0 Å². The highest BCUT2D eigenvalue weighted by atomic mass is 79.9. The molecule has 0 saturated heterocycles. The summed E-state index contributed by atoms with van der Waals surface area (Å²) in [5.41, 5.74) is 8.30. The lowest BCUT2D eigenvalue weighted by Crippen LogP contribution is -2.34. The molecular weight excluding hydrogens is 252 g/mol. The quantitative estimate of drug-likeness (QED) is 0.861. The highest BCUT2D eigenvalue weighted by molar-refractivity contribution is 9.10. The lowest BCUT2D eigenvalue weighted by Gasteiger charge is -2.17. The van der Waals surface area contributed by atoms with Crippen molar-refractivity contribution in [2.75, 3.05) is 0 Å². The van der Waals surface area contributed by atoms with Crippen LogP contribution in [0, 0.1) is 0 Å². The Morgan fingerprint density at radius 2 is 2.13 bits per heavy atom. The second-order valence-electron chi connectivity index (χ2n) is 4.67. The zero-order chi connectivity index (χ0) is 11.1. The van der Waals surface area contributed by atoms with Gasteiger partial charge in [-0.15, -0.1) is 0 Å². The summed E-state index contributed by atoms with van der Waals surface area (Å²) < 4.78 is 1.10. The van der Waals surface area contributed by atoms with Crippen LogP contribution in [-0.2, 0) is 6.42 Å². The Kier molecular flexibility index (Phi) is 2.61. The lowest BCUT2D eigenvalue weighted by molar-refractivity contribution is 0.518. The second kappa shape index (κ2) is 3.65. The van der Waals surface area contributed by atoms with Crippen LogP contribution in [-0.4, -0.2) is 10.5 Å². The van der Waals surface area contributed by atoms with E-state index in [0.29, 0.717) is 0 Å². The van der Waals surface area contributed by atoms with Gasteiger partial charge < -0.3 is 10.7 Å². The van der Waals surface area contributed by atoms with Crippen LogP contribution in [0.5, 0.6) is 0 Å². The summed E-state index contributed by atoms with van der Waals surface area (Å²) in [5.74, 6) is 0. The Morgan fingerprint density at radius 3 is 2.80 bits per heavy atom. The third-order valence-electron chi connectivity index (χ3n) is 2.38.